The minimum absolute atomic E-state index is 0.0181. The number of hydrogen-bond donors (Lipinski definition) is 0. The number of unbranched alkanes of at least 4 members (excludes halogenated alkanes) is 1. The molecule has 0 heterocycles. The lowest BCUT2D eigenvalue weighted by atomic mass is 10.1. The molecule has 8 heteroatoms. The molecule has 0 aliphatic rings. The molecule has 0 N–H and O–H groups in total. The first-order chi connectivity index (χ1) is 14.7. The van der Waals surface area contributed by atoms with E-state index in [1.807, 2.05) is 42.5 Å². The summed E-state index contributed by atoms with van der Waals surface area (Å²) in [5.74, 6) is 0. The Morgan fingerprint density at radius 2 is 1.40 bits per heavy atom. The van der Waals surface area contributed by atoms with Crippen molar-refractivity contribution in [2.45, 2.75) is 64.3 Å². The predicted octanol–water partition coefficient (Wildman–Crippen LogP) is 8.03. The summed E-state index contributed by atoms with van der Waals surface area (Å²) >= 11 is 0. The Balaban J connectivity index is 4.62. The second kappa shape index (κ2) is 24.1. The van der Waals surface area contributed by atoms with Crippen molar-refractivity contribution < 1.29 is 13.6 Å². The lowest BCUT2D eigenvalue weighted by molar-refractivity contribution is 0.116. The van der Waals surface area contributed by atoms with Gasteiger partial charge < -0.3 is 13.6 Å². The quantitative estimate of drug-likeness (QED) is 0.107. The zero-order valence-electron chi connectivity index (χ0n) is 18.2. The molecular weight excluding hydrogens is 467 g/mol. The molecule has 0 saturated carbocycles. The molecule has 0 aromatic carbocycles. The van der Waals surface area contributed by atoms with Gasteiger partial charge >= 0.3 is 0 Å². The van der Waals surface area contributed by atoms with E-state index in [9.17, 15) is 0 Å². The van der Waals surface area contributed by atoms with Crippen molar-refractivity contribution in [3.8, 4) is 0 Å². The smallest absolute Gasteiger partial charge is 0.107 e. The maximum Gasteiger partial charge on any atom is 0.107 e. The van der Waals surface area contributed by atoms with Crippen LogP contribution in [0.3, 0.4) is 0 Å². The van der Waals surface area contributed by atoms with Crippen LogP contribution >= 0.6 is 44.3 Å². The highest BCUT2D eigenvalue weighted by Crippen LogP contribution is 2.28. The van der Waals surface area contributed by atoms with Crippen LogP contribution in [0.25, 0.3) is 0 Å². The number of rotatable bonds is 18. The molecule has 0 saturated heterocycles. The Morgan fingerprint density at radius 1 is 0.767 bits per heavy atom. The first-order valence-electron chi connectivity index (χ1n) is 10.3. The summed E-state index contributed by atoms with van der Waals surface area (Å²) in [5.41, 5.74) is 0. The van der Waals surface area contributed by atoms with E-state index in [1.165, 1.54) is 0 Å². The van der Waals surface area contributed by atoms with Crippen molar-refractivity contribution in [1.82, 2.24) is 0 Å². The normalized spacial score (nSPS) is 17.1. The Morgan fingerprint density at radius 3 is 2.00 bits per heavy atom. The molecule has 0 amide bonds. The van der Waals surface area contributed by atoms with Gasteiger partial charge in [0.15, 0.2) is 0 Å². The van der Waals surface area contributed by atoms with Crippen molar-refractivity contribution in [1.29, 1.82) is 0 Å². The van der Waals surface area contributed by atoms with Crippen molar-refractivity contribution in [3.63, 3.8) is 0 Å². The lowest BCUT2D eigenvalue weighted by Gasteiger charge is -2.21. The monoisotopic (exact) mass is 506 g/mol. The van der Waals surface area contributed by atoms with Crippen LogP contribution in [0.15, 0.2) is 72.9 Å². The van der Waals surface area contributed by atoms with Crippen LogP contribution in [0, 0.1) is 0 Å². The number of hydrogen-bond acceptors (Lipinski definition) is 3. The molecule has 170 valence electrons. The van der Waals surface area contributed by atoms with E-state index in [2.05, 4.69) is 71.6 Å². The summed E-state index contributed by atoms with van der Waals surface area (Å²) in [6, 6.07) is 0. The molecule has 0 radical (unpaired) electrons. The van der Waals surface area contributed by atoms with Gasteiger partial charge in [0.05, 0.1) is 12.2 Å². The van der Waals surface area contributed by atoms with Crippen molar-refractivity contribution in [2.24, 2.45) is 0 Å². The summed E-state index contributed by atoms with van der Waals surface area (Å²) in [4.78, 5) is 0. The second-order valence-electron chi connectivity index (χ2n) is 6.30. The largest absolute Gasteiger partial charge is 0.359 e. The molecule has 0 rings (SSSR count). The third-order valence-corrected chi connectivity index (χ3v) is 5.92. The molecule has 30 heavy (non-hydrogen) atoms. The molecular formula is C22H39O3P5. The van der Waals surface area contributed by atoms with Gasteiger partial charge in [-0.1, -0.05) is 111 Å². The van der Waals surface area contributed by atoms with Crippen LogP contribution in [-0.4, -0.2) is 18.3 Å². The van der Waals surface area contributed by atoms with Crippen LogP contribution in [-0.2, 0) is 13.6 Å². The topological polar surface area (TPSA) is 27.7 Å². The fourth-order valence-corrected chi connectivity index (χ4v) is 4.37. The molecule has 0 aliphatic heterocycles. The highest BCUT2D eigenvalue weighted by Gasteiger charge is 2.17. The van der Waals surface area contributed by atoms with Crippen molar-refractivity contribution >= 4 is 44.3 Å². The zero-order chi connectivity index (χ0) is 22.3. The Bertz CT molecular complexity index is 559. The molecule has 0 aromatic rings. The van der Waals surface area contributed by atoms with E-state index in [-0.39, 0.29) is 18.3 Å². The van der Waals surface area contributed by atoms with Gasteiger partial charge in [-0.2, -0.15) is 0 Å². The summed E-state index contributed by atoms with van der Waals surface area (Å²) < 4.78 is 17.1. The maximum absolute atomic E-state index is 5.83. The van der Waals surface area contributed by atoms with Gasteiger partial charge in [-0.3, -0.25) is 0 Å². The Kier molecular flexibility index (Phi) is 24.5. The van der Waals surface area contributed by atoms with Gasteiger partial charge in [0.1, 0.15) is 6.10 Å². The summed E-state index contributed by atoms with van der Waals surface area (Å²) in [5, 5.41) is 0. The molecule has 0 aliphatic carbocycles. The van der Waals surface area contributed by atoms with Crippen molar-refractivity contribution in [2.75, 3.05) is 0 Å². The fourth-order valence-electron chi connectivity index (χ4n) is 2.37. The Hall–Kier alpha value is 0.470. The van der Waals surface area contributed by atoms with Crippen LogP contribution < -0.4 is 0 Å². The standard InChI is InChI=1S/C22H39O3P5/c1-3-5-7-14-18-21(23-26)22(25-30-28)19-15-11-9-8-10-13-17-20(24-29-27)16-12-6-4-2/h6-15,17,19-22,29-30H,3-5,16,18,26-28H2,1-2H3/b10-8-,11-9-,12-6-,14-7-,17-13+,19-15+. The van der Waals surface area contributed by atoms with Gasteiger partial charge in [0, 0.05) is 26.5 Å². The number of allylic oxidation sites excluding steroid dienone is 8. The van der Waals surface area contributed by atoms with Crippen LogP contribution in [0.4, 0.5) is 0 Å². The van der Waals surface area contributed by atoms with Gasteiger partial charge in [-0.15, -0.1) is 0 Å². The first-order valence-corrected chi connectivity index (χ1v) is 16.2. The van der Waals surface area contributed by atoms with Gasteiger partial charge in [0.25, 0.3) is 0 Å². The minimum Gasteiger partial charge on any atom is -0.359 e. The van der Waals surface area contributed by atoms with Crippen LogP contribution in [0.1, 0.15) is 46.0 Å². The van der Waals surface area contributed by atoms with Gasteiger partial charge in [-0.25, -0.2) is 0 Å². The van der Waals surface area contributed by atoms with E-state index >= 15 is 0 Å². The van der Waals surface area contributed by atoms with Gasteiger partial charge in [-0.05, 0) is 25.7 Å². The molecule has 8 unspecified atom stereocenters. The van der Waals surface area contributed by atoms with E-state index in [0.29, 0.717) is 17.0 Å². The second-order valence-corrected chi connectivity index (χ2v) is 8.93. The van der Waals surface area contributed by atoms with E-state index in [0.717, 1.165) is 32.1 Å². The van der Waals surface area contributed by atoms with E-state index < -0.39 is 0 Å². The van der Waals surface area contributed by atoms with E-state index in [1.54, 1.807) is 0 Å². The average molecular weight is 506 g/mol. The summed E-state index contributed by atoms with van der Waals surface area (Å²) in [6.45, 7) is 4.31. The SMILES string of the molecule is CC/C=C\CC(/C=C/C=C\C=C/C=C/C(OPP)C(C/C=C\CCC)OP)OPP. The lowest BCUT2D eigenvalue weighted by Crippen LogP contribution is -2.24. The van der Waals surface area contributed by atoms with Gasteiger partial charge in [0.2, 0.25) is 0 Å². The average Bonchev–Trinajstić information content (AvgIpc) is 2.75. The maximum atomic E-state index is 5.83. The predicted molar refractivity (Wildman–Crippen MR) is 150 cm³/mol. The highest BCUT2D eigenvalue weighted by atomic mass is 32.0. The van der Waals surface area contributed by atoms with Crippen LogP contribution in [0.5, 0.6) is 0 Å². The molecule has 3 nitrogen and oxygen atoms in total. The molecule has 0 fully saturated rings. The molecule has 0 spiro atoms. The molecule has 8 atom stereocenters. The van der Waals surface area contributed by atoms with E-state index in [4.69, 9.17) is 13.6 Å². The minimum atomic E-state index is -0.0834. The van der Waals surface area contributed by atoms with Crippen LogP contribution in [0.2, 0.25) is 0 Å². The highest BCUT2D eigenvalue weighted by molar-refractivity contribution is 8.00. The molecule has 0 bridgehead atoms. The third-order valence-electron chi connectivity index (χ3n) is 3.91. The first kappa shape index (κ1) is 30.5. The van der Waals surface area contributed by atoms with Crippen molar-refractivity contribution in [3.05, 3.63) is 72.9 Å². The summed E-state index contributed by atoms with van der Waals surface area (Å²) in [7, 11) is 8.37. The Labute approximate surface area is 194 Å². The zero-order valence-corrected chi connectivity index (χ0v) is 23.6. The molecule has 0 aromatic heterocycles. The third kappa shape index (κ3) is 18.1. The fraction of sp³-hybridized carbons (Fsp3) is 0.455. The summed E-state index contributed by atoms with van der Waals surface area (Å²) in [6.07, 6.45) is 30.0.